The standard InChI is InChI=1S/C32H45NO4S/c1-3-5-22-29-31(35)33(24-16-11-9-7-6-8-10-15-23-30(34)36-4-2)32(38-29)26-18-17-21-28(25-26)37-27-19-13-12-14-20-27/h12-14,17-21,25,29,32H,3-11,15-16,22-24H2,1-2H3. The van der Waals surface area contributed by atoms with Crippen molar-refractivity contribution in [3.63, 3.8) is 0 Å². The topological polar surface area (TPSA) is 55.8 Å². The van der Waals surface area contributed by atoms with E-state index in [2.05, 4.69) is 24.0 Å². The number of amides is 1. The summed E-state index contributed by atoms with van der Waals surface area (Å²) < 4.78 is 11.1. The number of carbonyl (C=O) groups excluding carboxylic acids is 2. The second-order valence-electron chi connectivity index (χ2n) is 10.0. The van der Waals surface area contributed by atoms with E-state index in [9.17, 15) is 9.59 Å². The van der Waals surface area contributed by atoms with Gasteiger partial charge in [-0.1, -0.05) is 88.6 Å². The normalized spacial score (nSPS) is 17.1. The van der Waals surface area contributed by atoms with Crippen LogP contribution in [0.4, 0.5) is 0 Å². The first-order valence-corrected chi connectivity index (χ1v) is 15.5. The van der Waals surface area contributed by atoms with Gasteiger partial charge in [0.15, 0.2) is 0 Å². The maximum absolute atomic E-state index is 13.4. The number of hydrogen-bond acceptors (Lipinski definition) is 5. The van der Waals surface area contributed by atoms with Crippen LogP contribution in [0.2, 0.25) is 0 Å². The fourth-order valence-corrected chi connectivity index (χ4v) is 6.38. The average molecular weight is 540 g/mol. The highest BCUT2D eigenvalue weighted by Crippen LogP contribution is 2.45. The van der Waals surface area contributed by atoms with Crippen molar-refractivity contribution in [2.75, 3.05) is 13.2 Å². The average Bonchev–Trinajstić information content (AvgIpc) is 3.24. The first kappa shape index (κ1) is 30.1. The van der Waals surface area contributed by atoms with Crippen LogP contribution in [0.5, 0.6) is 11.5 Å². The Bertz CT molecular complexity index is 967. The Balaban J connectivity index is 1.46. The third-order valence-electron chi connectivity index (χ3n) is 6.91. The molecule has 1 fully saturated rings. The summed E-state index contributed by atoms with van der Waals surface area (Å²) in [6.07, 6.45) is 12.6. The second kappa shape index (κ2) is 17.2. The molecule has 0 aromatic heterocycles. The molecule has 1 aliphatic rings. The van der Waals surface area contributed by atoms with Gasteiger partial charge in [0, 0.05) is 13.0 Å². The van der Waals surface area contributed by atoms with E-state index in [1.54, 1.807) is 0 Å². The SMILES string of the molecule is CCCCC1SC(c2cccc(Oc3ccccc3)c2)N(CCCCCCCCCCC(=O)OCC)C1=O. The van der Waals surface area contributed by atoms with E-state index in [0.29, 0.717) is 18.9 Å². The summed E-state index contributed by atoms with van der Waals surface area (Å²) in [5.74, 6) is 1.84. The minimum absolute atomic E-state index is 0.0445. The van der Waals surface area contributed by atoms with Gasteiger partial charge in [0.05, 0.1) is 11.9 Å². The second-order valence-corrected chi connectivity index (χ2v) is 11.3. The molecule has 1 saturated heterocycles. The highest BCUT2D eigenvalue weighted by molar-refractivity contribution is 8.01. The van der Waals surface area contributed by atoms with Crippen molar-refractivity contribution in [2.45, 2.75) is 102 Å². The fraction of sp³-hybridized carbons (Fsp3) is 0.562. The zero-order chi connectivity index (χ0) is 27.0. The van der Waals surface area contributed by atoms with Gasteiger partial charge in [0.1, 0.15) is 16.9 Å². The van der Waals surface area contributed by atoms with E-state index >= 15 is 0 Å². The van der Waals surface area contributed by atoms with Crippen LogP contribution >= 0.6 is 11.8 Å². The van der Waals surface area contributed by atoms with Gasteiger partial charge >= 0.3 is 5.97 Å². The molecule has 2 aromatic carbocycles. The summed E-state index contributed by atoms with van der Waals surface area (Å²) in [7, 11) is 0. The van der Waals surface area contributed by atoms with Crippen molar-refractivity contribution in [3.05, 3.63) is 60.2 Å². The number of benzene rings is 2. The maximum atomic E-state index is 13.4. The van der Waals surface area contributed by atoms with Crippen molar-refractivity contribution in [3.8, 4) is 11.5 Å². The summed E-state index contributed by atoms with van der Waals surface area (Å²) in [6, 6.07) is 18.1. The predicted octanol–water partition coefficient (Wildman–Crippen LogP) is 8.69. The molecule has 0 aliphatic carbocycles. The summed E-state index contributed by atoms with van der Waals surface area (Å²) in [5, 5.41) is 0.0938. The molecule has 1 amide bonds. The lowest BCUT2D eigenvalue weighted by molar-refractivity contribution is -0.143. The lowest BCUT2D eigenvalue weighted by atomic mass is 10.1. The van der Waals surface area contributed by atoms with Crippen molar-refractivity contribution in [1.29, 1.82) is 0 Å². The minimum Gasteiger partial charge on any atom is -0.466 e. The molecule has 6 heteroatoms. The third kappa shape index (κ3) is 10.0. The molecule has 0 N–H and O–H groups in total. The quantitative estimate of drug-likeness (QED) is 0.140. The van der Waals surface area contributed by atoms with Crippen molar-refractivity contribution < 1.29 is 19.1 Å². The van der Waals surface area contributed by atoms with Crippen LogP contribution in [0, 0.1) is 0 Å². The summed E-state index contributed by atoms with van der Waals surface area (Å²) in [6.45, 7) is 5.31. The molecule has 3 rings (SSSR count). The van der Waals surface area contributed by atoms with Crippen molar-refractivity contribution in [2.24, 2.45) is 0 Å². The number of para-hydroxylation sites is 1. The number of hydrogen-bond donors (Lipinski definition) is 0. The molecule has 1 heterocycles. The zero-order valence-electron chi connectivity index (χ0n) is 23.2. The maximum Gasteiger partial charge on any atom is 0.305 e. The predicted molar refractivity (Wildman–Crippen MR) is 157 cm³/mol. The Hall–Kier alpha value is -2.47. The molecule has 2 unspecified atom stereocenters. The first-order chi connectivity index (χ1) is 18.6. The van der Waals surface area contributed by atoms with Gasteiger partial charge in [-0.25, -0.2) is 0 Å². The van der Waals surface area contributed by atoms with E-state index in [0.717, 1.165) is 68.6 Å². The number of rotatable bonds is 18. The van der Waals surface area contributed by atoms with Gasteiger partial charge in [-0.2, -0.15) is 0 Å². The Labute approximate surface area is 233 Å². The van der Waals surface area contributed by atoms with E-state index in [4.69, 9.17) is 9.47 Å². The van der Waals surface area contributed by atoms with Gasteiger partial charge in [-0.05, 0) is 56.0 Å². The number of ether oxygens (including phenoxy) is 2. The Morgan fingerprint density at radius 3 is 2.24 bits per heavy atom. The van der Waals surface area contributed by atoms with Crippen LogP contribution < -0.4 is 4.74 Å². The van der Waals surface area contributed by atoms with Crippen LogP contribution in [-0.2, 0) is 14.3 Å². The van der Waals surface area contributed by atoms with Crippen LogP contribution in [-0.4, -0.2) is 35.2 Å². The van der Waals surface area contributed by atoms with Crippen LogP contribution in [0.1, 0.15) is 102 Å². The number of nitrogens with zero attached hydrogens (tertiary/aromatic N) is 1. The number of thioether (sulfide) groups is 1. The zero-order valence-corrected chi connectivity index (χ0v) is 24.1. The lowest BCUT2D eigenvalue weighted by Gasteiger charge is -2.24. The minimum atomic E-state index is -0.0761. The molecule has 38 heavy (non-hydrogen) atoms. The molecular weight excluding hydrogens is 494 g/mol. The van der Waals surface area contributed by atoms with E-state index in [-0.39, 0.29) is 16.6 Å². The third-order valence-corrected chi connectivity index (χ3v) is 8.46. The Morgan fingerprint density at radius 1 is 0.842 bits per heavy atom. The largest absolute Gasteiger partial charge is 0.466 e. The summed E-state index contributed by atoms with van der Waals surface area (Å²) in [5.41, 5.74) is 1.14. The first-order valence-electron chi connectivity index (χ1n) is 14.6. The van der Waals surface area contributed by atoms with Gasteiger partial charge in [-0.15, -0.1) is 11.8 Å². The molecule has 1 aliphatic heterocycles. The molecule has 0 bridgehead atoms. The highest BCUT2D eigenvalue weighted by Gasteiger charge is 2.40. The van der Waals surface area contributed by atoms with Crippen molar-refractivity contribution in [1.82, 2.24) is 4.90 Å². The molecule has 0 radical (unpaired) electrons. The van der Waals surface area contributed by atoms with Gasteiger partial charge in [0.2, 0.25) is 5.91 Å². The van der Waals surface area contributed by atoms with Crippen LogP contribution in [0.3, 0.4) is 0 Å². The molecular formula is C32H45NO4S. The Kier molecular flexibility index (Phi) is 13.6. The summed E-state index contributed by atoms with van der Waals surface area (Å²) >= 11 is 1.81. The van der Waals surface area contributed by atoms with Gasteiger partial charge < -0.3 is 14.4 Å². The van der Waals surface area contributed by atoms with E-state index < -0.39 is 0 Å². The van der Waals surface area contributed by atoms with Gasteiger partial charge in [-0.3, -0.25) is 9.59 Å². The highest BCUT2D eigenvalue weighted by atomic mass is 32.2. The molecule has 2 aromatic rings. The lowest BCUT2D eigenvalue weighted by Crippen LogP contribution is -2.32. The van der Waals surface area contributed by atoms with Gasteiger partial charge in [0.25, 0.3) is 0 Å². The monoisotopic (exact) mass is 539 g/mol. The molecule has 208 valence electrons. The number of esters is 1. The van der Waals surface area contributed by atoms with Crippen molar-refractivity contribution >= 4 is 23.6 Å². The molecule has 0 saturated carbocycles. The fourth-order valence-electron chi connectivity index (χ4n) is 4.86. The molecule has 2 atom stereocenters. The molecule has 5 nitrogen and oxygen atoms in total. The number of unbranched alkanes of at least 4 members (excludes halogenated alkanes) is 8. The van der Waals surface area contributed by atoms with Crippen LogP contribution in [0.25, 0.3) is 0 Å². The Morgan fingerprint density at radius 2 is 1.53 bits per heavy atom. The summed E-state index contributed by atoms with van der Waals surface area (Å²) in [4.78, 5) is 26.9. The molecule has 0 spiro atoms. The number of carbonyl (C=O) groups is 2. The smallest absolute Gasteiger partial charge is 0.305 e. The van der Waals surface area contributed by atoms with Crippen LogP contribution in [0.15, 0.2) is 54.6 Å². The van der Waals surface area contributed by atoms with E-state index in [1.807, 2.05) is 61.2 Å². The van der Waals surface area contributed by atoms with E-state index in [1.165, 1.54) is 25.7 Å².